The van der Waals surface area contributed by atoms with Gasteiger partial charge < -0.3 is 11.5 Å². The number of nitrogen functional groups attached to an aromatic ring is 1. The zero-order valence-corrected chi connectivity index (χ0v) is 6.54. The molecule has 4 nitrogen and oxygen atoms in total. The summed E-state index contributed by atoms with van der Waals surface area (Å²) in [4.78, 5) is 8.16. The maximum Gasteiger partial charge on any atom is 0.132 e. The lowest BCUT2D eigenvalue weighted by Gasteiger charge is -1.99. The number of hydrogen-bond acceptors (Lipinski definition) is 4. The van der Waals surface area contributed by atoms with Crippen LogP contribution >= 0.6 is 0 Å². The number of aryl methyl sites for hydroxylation is 1. The average Bonchev–Trinajstić information content (AvgIpc) is 1.85. The second kappa shape index (κ2) is 3.30. The quantitative estimate of drug-likeness (QED) is 0.618. The Hall–Kier alpha value is -1.16. The van der Waals surface area contributed by atoms with Crippen LogP contribution in [0.4, 0.5) is 5.82 Å². The first-order chi connectivity index (χ1) is 5.22. The highest BCUT2D eigenvalue weighted by molar-refractivity contribution is 5.29. The molecule has 0 amide bonds. The van der Waals surface area contributed by atoms with E-state index < -0.39 is 0 Å². The van der Waals surface area contributed by atoms with Crippen LogP contribution in [0.1, 0.15) is 11.5 Å². The van der Waals surface area contributed by atoms with Crippen molar-refractivity contribution in [3.63, 3.8) is 0 Å². The van der Waals surface area contributed by atoms with Crippen LogP contribution in [0, 0.1) is 6.92 Å². The number of nitrogens with two attached hydrogens (primary N) is 2. The fourth-order valence-electron chi connectivity index (χ4n) is 0.897. The minimum Gasteiger partial charge on any atom is -0.384 e. The second-order valence-corrected chi connectivity index (χ2v) is 2.39. The van der Waals surface area contributed by atoms with Crippen molar-refractivity contribution in [2.75, 3.05) is 12.3 Å². The summed E-state index contributed by atoms with van der Waals surface area (Å²) in [6.45, 7) is 2.45. The minimum atomic E-state index is 0.515. The molecule has 0 fully saturated rings. The van der Waals surface area contributed by atoms with Gasteiger partial charge in [-0.15, -0.1) is 0 Å². The molecule has 1 rings (SSSR count). The highest BCUT2D eigenvalue weighted by atomic mass is 14.9. The van der Waals surface area contributed by atoms with E-state index >= 15 is 0 Å². The van der Waals surface area contributed by atoms with E-state index in [2.05, 4.69) is 9.97 Å². The molecule has 1 aromatic rings. The Balaban J connectivity index is 2.89. The average molecular weight is 152 g/mol. The van der Waals surface area contributed by atoms with Crippen LogP contribution in [0.3, 0.4) is 0 Å². The van der Waals surface area contributed by atoms with Crippen LogP contribution in [0.15, 0.2) is 6.07 Å². The van der Waals surface area contributed by atoms with Gasteiger partial charge in [-0.2, -0.15) is 0 Å². The van der Waals surface area contributed by atoms with Crippen molar-refractivity contribution in [2.45, 2.75) is 13.3 Å². The lowest BCUT2D eigenvalue weighted by atomic mass is 10.3. The van der Waals surface area contributed by atoms with Crippen molar-refractivity contribution < 1.29 is 0 Å². The largest absolute Gasteiger partial charge is 0.384 e. The summed E-state index contributed by atoms with van der Waals surface area (Å²) in [6, 6.07) is 1.74. The van der Waals surface area contributed by atoms with E-state index in [0.29, 0.717) is 18.8 Å². The second-order valence-electron chi connectivity index (χ2n) is 2.39. The zero-order chi connectivity index (χ0) is 8.27. The molecule has 11 heavy (non-hydrogen) atoms. The molecule has 0 aromatic carbocycles. The summed E-state index contributed by atoms with van der Waals surface area (Å²) in [7, 11) is 0. The molecule has 4 heteroatoms. The summed E-state index contributed by atoms with van der Waals surface area (Å²) < 4.78 is 0. The van der Waals surface area contributed by atoms with Crippen molar-refractivity contribution in [3.05, 3.63) is 17.6 Å². The van der Waals surface area contributed by atoms with Crippen molar-refractivity contribution in [3.8, 4) is 0 Å². The Morgan fingerprint density at radius 1 is 1.45 bits per heavy atom. The maximum atomic E-state index is 5.50. The standard InChI is InChI=1S/C7H12N4/c1-5-4-6(9)11-7(10-5)2-3-8/h4H,2-3,8H2,1H3,(H2,9,10,11). The van der Waals surface area contributed by atoms with Gasteiger partial charge in [-0.1, -0.05) is 0 Å². The van der Waals surface area contributed by atoms with E-state index in [4.69, 9.17) is 11.5 Å². The van der Waals surface area contributed by atoms with Crippen LogP contribution in [0.2, 0.25) is 0 Å². The molecule has 0 spiro atoms. The fourth-order valence-corrected chi connectivity index (χ4v) is 0.897. The van der Waals surface area contributed by atoms with Crippen molar-refractivity contribution in [1.29, 1.82) is 0 Å². The van der Waals surface area contributed by atoms with Gasteiger partial charge in [0.1, 0.15) is 11.6 Å². The molecule has 4 N–H and O–H groups in total. The lowest BCUT2D eigenvalue weighted by Crippen LogP contribution is -2.08. The first kappa shape index (κ1) is 7.94. The number of rotatable bonds is 2. The molecule has 0 atom stereocenters. The molecular weight excluding hydrogens is 140 g/mol. The van der Waals surface area contributed by atoms with Gasteiger partial charge in [0.05, 0.1) is 0 Å². The van der Waals surface area contributed by atoms with E-state index in [9.17, 15) is 0 Å². The predicted molar refractivity (Wildman–Crippen MR) is 43.9 cm³/mol. The lowest BCUT2D eigenvalue weighted by molar-refractivity contribution is 0.859. The molecule has 1 heterocycles. The fraction of sp³-hybridized carbons (Fsp3) is 0.429. The van der Waals surface area contributed by atoms with Crippen molar-refractivity contribution >= 4 is 5.82 Å². The monoisotopic (exact) mass is 152 g/mol. The van der Waals surface area contributed by atoms with Gasteiger partial charge in [0, 0.05) is 18.2 Å². The van der Waals surface area contributed by atoms with Gasteiger partial charge in [0.2, 0.25) is 0 Å². The van der Waals surface area contributed by atoms with Gasteiger partial charge in [-0.05, 0) is 13.5 Å². The van der Waals surface area contributed by atoms with E-state index in [1.165, 1.54) is 0 Å². The third kappa shape index (κ3) is 2.16. The van der Waals surface area contributed by atoms with Crippen molar-refractivity contribution in [1.82, 2.24) is 9.97 Å². The van der Waals surface area contributed by atoms with E-state index in [-0.39, 0.29) is 0 Å². The number of anilines is 1. The van der Waals surface area contributed by atoms with Crippen LogP contribution in [0.5, 0.6) is 0 Å². The molecule has 0 saturated carbocycles. The molecule has 0 aliphatic heterocycles. The molecule has 1 aromatic heterocycles. The van der Waals surface area contributed by atoms with Gasteiger partial charge in [0.25, 0.3) is 0 Å². The molecule has 0 radical (unpaired) electrons. The van der Waals surface area contributed by atoms with Crippen molar-refractivity contribution in [2.24, 2.45) is 5.73 Å². The van der Waals surface area contributed by atoms with Crippen LogP contribution < -0.4 is 11.5 Å². The smallest absolute Gasteiger partial charge is 0.132 e. The van der Waals surface area contributed by atoms with Gasteiger partial charge in [-0.25, -0.2) is 9.97 Å². The number of hydrogen-bond donors (Lipinski definition) is 2. The van der Waals surface area contributed by atoms with Gasteiger partial charge in [-0.3, -0.25) is 0 Å². The summed E-state index contributed by atoms with van der Waals surface area (Å²) in [5, 5.41) is 0. The molecular formula is C7H12N4. The summed E-state index contributed by atoms with van der Waals surface area (Å²) in [5.41, 5.74) is 11.7. The Bertz CT molecular complexity index is 226. The maximum absolute atomic E-state index is 5.50. The van der Waals surface area contributed by atoms with Crippen LogP contribution in [0.25, 0.3) is 0 Å². The topological polar surface area (TPSA) is 77.8 Å². The zero-order valence-electron chi connectivity index (χ0n) is 6.54. The van der Waals surface area contributed by atoms with Crippen LogP contribution in [-0.2, 0) is 6.42 Å². The molecule has 0 unspecified atom stereocenters. The predicted octanol–water partition coefficient (Wildman–Crippen LogP) is -0.132. The summed E-state index contributed by atoms with van der Waals surface area (Å²) in [5.74, 6) is 1.24. The minimum absolute atomic E-state index is 0.515. The Morgan fingerprint density at radius 2 is 2.18 bits per heavy atom. The Kier molecular flexibility index (Phi) is 2.38. The summed E-state index contributed by atoms with van der Waals surface area (Å²) in [6.07, 6.45) is 0.686. The van der Waals surface area contributed by atoms with Crippen LogP contribution in [-0.4, -0.2) is 16.5 Å². The third-order valence-electron chi connectivity index (χ3n) is 1.29. The number of nitrogens with zero attached hydrogens (tertiary/aromatic N) is 2. The first-order valence-electron chi connectivity index (χ1n) is 3.52. The van der Waals surface area contributed by atoms with E-state index in [1.54, 1.807) is 6.07 Å². The van der Waals surface area contributed by atoms with Gasteiger partial charge >= 0.3 is 0 Å². The SMILES string of the molecule is Cc1cc(N)nc(CCN)n1. The van der Waals surface area contributed by atoms with E-state index in [0.717, 1.165) is 11.5 Å². The van der Waals surface area contributed by atoms with E-state index in [1.807, 2.05) is 6.92 Å². The Morgan fingerprint density at radius 3 is 2.73 bits per heavy atom. The first-order valence-corrected chi connectivity index (χ1v) is 3.52. The molecule has 0 aliphatic carbocycles. The molecule has 0 bridgehead atoms. The third-order valence-corrected chi connectivity index (χ3v) is 1.29. The number of aromatic nitrogens is 2. The molecule has 0 saturated heterocycles. The molecule has 60 valence electrons. The summed E-state index contributed by atoms with van der Waals surface area (Å²) >= 11 is 0. The van der Waals surface area contributed by atoms with Gasteiger partial charge in [0.15, 0.2) is 0 Å². The normalized spacial score (nSPS) is 10.0. The highest BCUT2D eigenvalue weighted by Crippen LogP contribution is 2.01. The molecule has 0 aliphatic rings. The highest BCUT2D eigenvalue weighted by Gasteiger charge is 1.97. The Labute approximate surface area is 65.6 Å².